The van der Waals surface area contributed by atoms with Gasteiger partial charge in [-0.15, -0.1) is 0 Å². The van der Waals surface area contributed by atoms with Crippen LogP contribution >= 0.6 is 0 Å². The molecule has 7 nitrogen and oxygen atoms in total. The third kappa shape index (κ3) is 4.27. The maximum Gasteiger partial charge on any atom is 0.339 e. The van der Waals surface area contributed by atoms with Gasteiger partial charge in [0.05, 0.1) is 24.8 Å². The average Bonchev–Trinajstić information content (AvgIpc) is 2.44. The van der Waals surface area contributed by atoms with Crippen LogP contribution in [-0.4, -0.2) is 48.7 Å². The molecule has 0 bridgehead atoms. The molecule has 0 aliphatic heterocycles. The number of methoxy groups -OCH3 is 1. The molecule has 0 aliphatic rings. The summed E-state index contributed by atoms with van der Waals surface area (Å²) in [7, 11) is 2.72. The zero-order chi connectivity index (χ0) is 15.1. The monoisotopic (exact) mass is 280 g/mol. The van der Waals surface area contributed by atoms with Gasteiger partial charge in [-0.1, -0.05) is 12.1 Å². The number of hydrogen-bond acceptors (Lipinski definition) is 4. The lowest BCUT2D eigenvalue weighted by Crippen LogP contribution is -2.33. The van der Waals surface area contributed by atoms with Gasteiger partial charge in [0, 0.05) is 13.6 Å². The Balaban J connectivity index is 2.75. The fourth-order valence-corrected chi connectivity index (χ4v) is 1.46. The molecule has 0 unspecified atom stereocenters. The fourth-order valence-electron chi connectivity index (χ4n) is 1.46. The van der Waals surface area contributed by atoms with Crippen LogP contribution in [0.5, 0.6) is 0 Å². The summed E-state index contributed by atoms with van der Waals surface area (Å²) in [6.45, 7) is 0.0710. The second kappa shape index (κ2) is 7.13. The van der Waals surface area contributed by atoms with Crippen molar-refractivity contribution in [3.05, 3.63) is 29.8 Å². The Kier molecular flexibility index (Phi) is 5.52. The number of benzene rings is 1. The van der Waals surface area contributed by atoms with Gasteiger partial charge in [-0.2, -0.15) is 0 Å². The molecule has 1 aromatic carbocycles. The van der Waals surface area contributed by atoms with Gasteiger partial charge in [0.2, 0.25) is 0 Å². The Morgan fingerprint density at radius 1 is 1.30 bits per heavy atom. The molecule has 7 heteroatoms. The second-order valence-corrected chi connectivity index (χ2v) is 4.03. The predicted molar refractivity (Wildman–Crippen MR) is 71.7 cm³/mol. The Hall–Kier alpha value is -2.57. The van der Waals surface area contributed by atoms with E-state index in [0.29, 0.717) is 5.69 Å². The molecule has 108 valence electrons. The first-order chi connectivity index (χ1) is 9.45. The highest BCUT2D eigenvalue weighted by atomic mass is 16.5. The van der Waals surface area contributed by atoms with Gasteiger partial charge < -0.3 is 20.1 Å². The normalized spacial score (nSPS) is 9.70. The van der Waals surface area contributed by atoms with E-state index in [1.165, 1.54) is 25.1 Å². The Labute approximate surface area is 116 Å². The number of carboxylic acid groups (broad SMARTS) is 1. The van der Waals surface area contributed by atoms with Crippen LogP contribution in [0.4, 0.5) is 10.5 Å². The minimum Gasteiger partial charge on any atom is -0.481 e. The maximum absolute atomic E-state index is 11.9. The lowest BCUT2D eigenvalue weighted by molar-refractivity contribution is -0.137. The molecule has 2 amide bonds. The van der Waals surface area contributed by atoms with Crippen LogP contribution < -0.4 is 5.32 Å². The predicted octanol–water partition coefficient (Wildman–Crippen LogP) is 1.41. The number of anilines is 1. The van der Waals surface area contributed by atoms with E-state index in [2.05, 4.69) is 10.1 Å². The maximum atomic E-state index is 11.9. The summed E-state index contributed by atoms with van der Waals surface area (Å²) >= 11 is 0. The van der Waals surface area contributed by atoms with E-state index in [1.807, 2.05) is 0 Å². The van der Waals surface area contributed by atoms with Crippen molar-refractivity contribution in [1.29, 1.82) is 0 Å². The van der Waals surface area contributed by atoms with Crippen LogP contribution in [0.1, 0.15) is 16.8 Å². The number of carbonyl (C=O) groups excluding carboxylic acids is 2. The van der Waals surface area contributed by atoms with Crippen molar-refractivity contribution in [3.8, 4) is 0 Å². The zero-order valence-electron chi connectivity index (χ0n) is 11.3. The van der Waals surface area contributed by atoms with Crippen molar-refractivity contribution < 1.29 is 24.2 Å². The molecular formula is C13H16N2O5. The van der Waals surface area contributed by atoms with Gasteiger partial charge in [0.25, 0.3) is 0 Å². The number of aliphatic carboxylic acids is 1. The summed E-state index contributed by atoms with van der Waals surface area (Å²) in [5.41, 5.74) is 0.543. The number of para-hydroxylation sites is 1. The minimum absolute atomic E-state index is 0.0710. The summed E-state index contributed by atoms with van der Waals surface area (Å²) < 4.78 is 4.62. The van der Waals surface area contributed by atoms with Crippen LogP contribution in [0, 0.1) is 0 Å². The number of nitrogens with zero attached hydrogens (tertiary/aromatic N) is 1. The number of hydrogen-bond donors (Lipinski definition) is 2. The third-order valence-corrected chi connectivity index (χ3v) is 2.58. The van der Waals surface area contributed by atoms with Crippen molar-refractivity contribution in [3.63, 3.8) is 0 Å². The van der Waals surface area contributed by atoms with Crippen LogP contribution in [-0.2, 0) is 9.53 Å². The summed E-state index contributed by atoms with van der Waals surface area (Å²) in [5, 5.41) is 11.1. The molecule has 1 rings (SSSR count). The van der Waals surface area contributed by atoms with E-state index in [9.17, 15) is 14.4 Å². The van der Waals surface area contributed by atoms with Crippen LogP contribution in [0.15, 0.2) is 24.3 Å². The molecule has 0 fully saturated rings. The van der Waals surface area contributed by atoms with Gasteiger partial charge in [-0.3, -0.25) is 4.79 Å². The summed E-state index contributed by atoms with van der Waals surface area (Å²) in [5.74, 6) is -1.55. The van der Waals surface area contributed by atoms with Crippen LogP contribution in [0.3, 0.4) is 0 Å². The molecule has 0 heterocycles. The van der Waals surface area contributed by atoms with Crippen molar-refractivity contribution in [1.82, 2.24) is 4.90 Å². The molecule has 0 aliphatic carbocycles. The number of esters is 1. The van der Waals surface area contributed by atoms with Crippen LogP contribution in [0.25, 0.3) is 0 Å². The number of amides is 2. The lowest BCUT2D eigenvalue weighted by Gasteiger charge is -2.18. The van der Waals surface area contributed by atoms with Crippen molar-refractivity contribution >= 4 is 23.7 Å². The molecule has 0 atom stereocenters. The SMILES string of the molecule is COC(=O)c1ccccc1NC(=O)N(C)CCC(=O)O. The van der Waals surface area contributed by atoms with E-state index in [1.54, 1.807) is 18.2 Å². The van der Waals surface area contributed by atoms with Gasteiger partial charge in [0.15, 0.2) is 0 Å². The average molecular weight is 280 g/mol. The van der Waals surface area contributed by atoms with Crippen molar-refractivity contribution in [2.45, 2.75) is 6.42 Å². The molecule has 2 N–H and O–H groups in total. The largest absolute Gasteiger partial charge is 0.481 e. The first-order valence-corrected chi connectivity index (χ1v) is 5.87. The first-order valence-electron chi connectivity index (χ1n) is 5.87. The van der Waals surface area contributed by atoms with E-state index < -0.39 is 18.0 Å². The minimum atomic E-state index is -0.986. The molecule has 1 aromatic rings. The van der Waals surface area contributed by atoms with Gasteiger partial charge in [0.1, 0.15) is 0 Å². The summed E-state index contributed by atoms with van der Waals surface area (Å²) in [6.07, 6.45) is -0.150. The molecule has 0 saturated heterocycles. The molecule has 0 radical (unpaired) electrons. The summed E-state index contributed by atoms with van der Waals surface area (Å²) in [6, 6.07) is 5.91. The number of carbonyl (C=O) groups is 3. The van der Waals surface area contributed by atoms with E-state index >= 15 is 0 Å². The van der Waals surface area contributed by atoms with E-state index in [4.69, 9.17) is 5.11 Å². The van der Waals surface area contributed by atoms with Crippen molar-refractivity contribution in [2.24, 2.45) is 0 Å². The van der Waals surface area contributed by atoms with Gasteiger partial charge >= 0.3 is 18.0 Å². The quantitative estimate of drug-likeness (QED) is 0.795. The number of nitrogens with one attached hydrogen (secondary N) is 1. The highest BCUT2D eigenvalue weighted by Gasteiger charge is 2.15. The smallest absolute Gasteiger partial charge is 0.339 e. The van der Waals surface area contributed by atoms with Crippen molar-refractivity contribution in [2.75, 3.05) is 26.0 Å². The Morgan fingerprint density at radius 2 is 1.95 bits per heavy atom. The van der Waals surface area contributed by atoms with E-state index in [0.717, 1.165) is 0 Å². The van der Waals surface area contributed by atoms with E-state index in [-0.39, 0.29) is 18.5 Å². The Bertz CT molecular complexity index is 515. The molecule has 0 spiro atoms. The topological polar surface area (TPSA) is 95.9 Å². The zero-order valence-corrected chi connectivity index (χ0v) is 11.3. The molecule has 20 heavy (non-hydrogen) atoms. The highest BCUT2D eigenvalue weighted by molar-refractivity contribution is 6.00. The van der Waals surface area contributed by atoms with Crippen LogP contribution in [0.2, 0.25) is 0 Å². The Morgan fingerprint density at radius 3 is 2.55 bits per heavy atom. The summed E-state index contributed by atoms with van der Waals surface area (Å²) in [4.78, 5) is 35.1. The number of carboxylic acids is 1. The standard InChI is InChI=1S/C13H16N2O5/c1-15(8-7-11(16)17)13(19)14-10-6-4-3-5-9(10)12(18)20-2/h3-6H,7-8H2,1-2H3,(H,14,19)(H,16,17). The van der Waals surface area contributed by atoms with Gasteiger partial charge in [-0.05, 0) is 12.1 Å². The molecule has 0 aromatic heterocycles. The fraction of sp³-hybridized carbons (Fsp3) is 0.308. The third-order valence-electron chi connectivity index (χ3n) is 2.58. The number of ether oxygens (including phenoxy) is 1. The number of rotatable bonds is 5. The first kappa shape index (κ1) is 15.5. The van der Waals surface area contributed by atoms with Gasteiger partial charge in [-0.25, -0.2) is 9.59 Å². The second-order valence-electron chi connectivity index (χ2n) is 4.03. The number of urea groups is 1. The lowest BCUT2D eigenvalue weighted by atomic mass is 10.2. The molecular weight excluding hydrogens is 264 g/mol. The highest BCUT2D eigenvalue weighted by Crippen LogP contribution is 2.16. The molecule has 0 saturated carbocycles.